The van der Waals surface area contributed by atoms with Crippen LogP contribution in [0.1, 0.15) is 40.9 Å². The molecule has 0 spiro atoms. The zero-order valence-electron chi connectivity index (χ0n) is 13.8. The van der Waals surface area contributed by atoms with Gasteiger partial charge >= 0.3 is 0 Å². The molecule has 2 aromatic heterocycles. The molecule has 1 atom stereocenters. The summed E-state index contributed by atoms with van der Waals surface area (Å²) < 4.78 is 0. The number of hydrogen-bond donors (Lipinski definition) is 0. The topological polar surface area (TPSA) is 46.1 Å². The molecule has 1 fully saturated rings. The summed E-state index contributed by atoms with van der Waals surface area (Å²) in [4.78, 5) is 25.0. The van der Waals surface area contributed by atoms with E-state index in [1.807, 2.05) is 24.5 Å². The number of nitrogens with zero attached hydrogens (tertiary/aromatic N) is 3. The van der Waals surface area contributed by atoms with E-state index in [-0.39, 0.29) is 6.04 Å². The number of Topliss-reactive ketones (excluding diaryl/α,β-unsaturated/α-hetero) is 1. The van der Waals surface area contributed by atoms with Crippen LogP contribution in [-0.2, 0) is 24.2 Å². The Labute approximate surface area is 141 Å². The molecule has 1 saturated heterocycles. The highest BCUT2D eigenvalue weighted by molar-refractivity contribution is 7.11. The standard InChI is InChI=1S/C18H23N3OS/c1-3-15-13(2)23-18(20-15)11-17(22)16-5-4-10-21(16)12-14-6-8-19-9-7-14/h6-9,16H,3-5,10-12H2,1-2H3/t16-/m1/s1. The summed E-state index contributed by atoms with van der Waals surface area (Å²) in [7, 11) is 0. The zero-order valence-corrected chi connectivity index (χ0v) is 14.6. The number of likely N-dealkylation sites (tertiary alicyclic amines) is 1. The number of aryl methyl sites for hydroxylation is 2. The van der Waals surface area contributed by atoms with Crippen molar-refractivity contribution in [2.24, 2.45) is 0 Å². The van der Waals surface area contributed by atoms with Crippen LogP contribution in [0.3, 0.4) is 0 Å². The van der Waals surface area contributed by atoms with Crippen LogP contribution in [-0.4, -0.2) is 33.2 Å². The molecular weight excluding hydrogens is 306 g/mol. The predicted octanol–water partition coefficient (Wildman–Crippen LogP) is 3.19. The highest BCUT2D eigenvalue weighted by Gasteiger charge is 2.30. The second kappa shape index (κ2) is 7.32. The fourth-order valence-electron chi connectivity index (χ4n) is 3.26. The van der Waals surface area contributed by atoms with E-state index in [0.717, 1.165) is 43.1 Å². The lowest BCUT2D eigenvalue weighted by Crippen LogP contribution is -2.36. The number of hydrogen-bond acceptors (Lipinski definition) is 5. The van der Waals surface area contributed by atoms with Gasteiger partial charge in [0.15, 0.2) is 5.78 Å². The highest BCUT2D eigenvalue weighted by atomic mass is 32.1. The summed E-state index contributed by atoms with van der Waals surface area (Å²) in [5.74, 6) is 0.313. The minimum atomic E-state index is 0.0393. The number of carbonyl (C=O) groups is 1. The Balaban J connectivity index is 1.65. The zero-order chi connectivity index (χ0) is 16.2. The Morgan fingerprint density at radius 1 is 1.39 bits per heavy atom. The first-order valence-corrected chi connectivity index (χ1v) is 9.10. The summed E-state index contributed by atoms with van der Waals surface area (Å²) in [6.07, 6.45) is 7.10. The van der Waals surface area contributed by atoms with Crippen molar-refractivity contribution in [2.75, 3.05) is 6.54 Å². The summed E-state index contributed by atoms with van der Waals surface area (Å²) >= 11 is 1.67. The molecule has 0 amide bonds. The molecule has 3 heterocycles. The average Bonchev–Trinajstić information content (AvgIpc) is 3.14. The minimum Gasteiger partial charge on any atom is -0.297 e. The number of carbonyl (C=O) groups excluding carboxylic acids is 1. The molecule has 1 aliphatic rings. The van der Waals surface area contributed by atoms with Gasteiger partial charge in [-0.15, -0.1) is 11.3 Å². The van der Waals surface area contributed by atoms with Crippen LogP contribution in [0, 0.1) is 6.92 Å². The van der Waals surface area contributed by atoms with Crippen LogP contribution < -0.4 is 0 Å². The molecule has 0 saturated carbocycles. The van der Waals surface area contributed by atoms with Crippen LogP contribution in [0.2, 0.25) is 0 Å². The Bertz CT molecular complexity index is 668. The van der Waals surface area contributed by atoms with Gasteiger partial charge in [0.25, 0.3) is 0 Å². The predicted molar refractivity (Wildman–Crippen MR) is 92.6 cm³/mol. The summed E-state index contributed by atoms with van der Waals surface area (Å²) in [5, 5.41) is 0.972. The maximum absolute atomic E-state index is 12.7. The molecule has 23 heavy (non-hydrogen) atoms. The molecule has 0 N–H and O–H groups in total. The number of thiazole rings is 1. The lowest BCUT2D eigenvalue weighted by molar-refractivity contribution is -0.122. The third-order valence-electron chi connectivity index (χ3n) is 4.47. The lowest BCUT2D eigenvalue weighted by Gasteiger charge is -2.23. The second-order valence-electron chi connectivity index (χ2n) is 6.09. The fraction of sp³-hybridized carbons (Fsp3) is 0.500. The van der Waals surface area contributed by atoms with Gasteiger partial charge in [-0.1, -0.05) is 6.92 Å². The van der Waals surface area contributed by atoms with Crippen LogP contribution in [0.15, 0.2) is 24.5 Å². The molecule has 4 nitrogen and oxygen atoms in total. The van der Waals surface area contributed by atoms with Gasteiger partial charge in [-0.05, 0) is 50.4 Å². The van der Waals surface area contributed by atoms with Gasteiger partial charge in [-0.25, -0.2) is 4.98 Å². The van der Waals surface area contributed by atoms with Crippen molar-refractivity contribution in [3.8, 4) is 0 Å². The molecule has 1 aliphatic heterocycles. The molecule has 122 valence electrons. The molecule has 0 bridgehead atoms. The molecule has 0 radical (unpaired) electrons. The van der Waals surface area contributed by atoms with E-state index in [1.165, 1.54) is 10.4 Å². The largest absolute Gasteiger partial charge is 0.297 e. The van der Waals surface area contributed by atoms with Crippen molar-refractivity contribution in [3.63, 3.8) is 0 Å². The van der Waals surface area contributed by atoms with Crippen molar-refractivity contribution in [1.29, 1.82) is 0 Å². The van der Waals surface area contributed by atoms with Crippen LogP contribution >= 0.6 is 11.3 Å². The van der Waals surface area contributed by atoms with Crippen molar-refractivity contribution in [3.05, 3.63) is 45.7 Å². The van der Waals surface area contributed by atoms with Gasteiger partial charge in [0.05, 0.1) is 18.2 Å². The van der Waals surface area contributed by atoms with E-state index in [1.54, 1.807) is 11.3 Å². The minimum absolute atomic E-state index is 0.0393. The summed E-state index contributed by atoms with van der Waals surface area (Å²) in [5.41, 5.74) is 2.36. The van der Waals surface area contributed by atoms with Crippen molar-refractivity contribution < 1.29 is 4.79 Å². The SMILES string of the molecule is CCc1nc(CC(=O)[C@H]2CCCN2Cc2ccncc2)sc1C. The number of ketones is 1. The van der Waals surface area contributed by atoms with Gasteiger partial charge in [0, 0.05) is 23.8 Å². The normalized spacial score (nSPS) is 18.4. The Hall–Kier alpha value is -1.59. The molecule has 0 aromatic carbocycles. The van der Waals surface area contributed by atoms with E-state index in [0.29, 0.717) is 12.2 Å². The van der Waals surface area contributed by atoms with E-state index in [4.69, 9.17) is 0 Å². The molecular formula is C18H23N3OS. The van der Waals surface area contributed by atoms with Gasteiger partial charge in [-0.3, -0.25) is 14.7 Å². The molecule has 0 unspecified atom stereocenters. The third-order valence-corrected chi connectivity index (χ3v) is 5.48. The van der Waals surface area contributed by atoms with Crippen molar-refractivity contribution in [2.45, 2.75) is 52.1 Å². The molecule has 2 aromatic rings. The lowest BCUT2D eigenvalue weighted by atomic mass is 10.1. The Kier molecular flexibility index (Phi) is 5.18. The second-order valence-corrected chi connectivity index (χ2v) is 7.38. The van der Waals surface area contributed by atoms with E-state index in [9.17, 15) is 4.79 Å². The van der Waals surface area contributed by atoms with Gasteiger partial charge in [-0.2, -0.15) is 0 Å². The molecule has 5 heteroatoms. The molecule has 3 rings (SSSR count). The monoisotopic (exact) mass is 329 g/mol. The van der Waals surface area contributed by atoms with Gasteiger partial charge in [0.1, 0.15) is 5.01 Å². The summed E-state index contributed by atoms with van der Waals surface area (Å²) in [6, 6.07) is 4.09. The van der Waals surface area contributed by atoms with Gasteiger partial charge < -0.3 is 0 Å². The van der Waals surface area contributed by atoms with Crippen LogP contribution in [0.5, 0.6) is 0 Å². The summed E-state index contributed by atoms with van der Waals surface area (Å²) in [6.45, 7) is 6.03. The molecule has 0 aliphatic carbocycles. The maximum Gasteiger partial charge on any atom is 0.156 e. The average molecular weight is 329 g/mol. The van der Waals surface area contributed by atoms with Crippen LogP contribution in [0.25, 0.3) is 0 Å². The van der Waals surface area contributed by atoms with Crippen LogP contribution in [0.4, 0.5) is 0 Å². The first-order chi connectivity index (χ1) is 11.2. The highest BCUT2D eigenvalue weighted by Crippen LogP contribution is 2.24. The third kappa shape index (κ3) is 3.85. The Morgan fingerprint density at radius 3 is 2.87 bits per heavy atom. The van der Waals surface area contributed by atoms with Crippen molar-refractivity contribution >= 4 is 17.1 Å². The quantitative estimate of drug-likeness (QED) is 0.816. The number of aromatic nitrogens is 2. The first-order valence-electron chi connectivity index (χ1n) is 8.28. The number of pyridine rings is 1. The first kappa shape index (κ1) is 16.3. The Morgan fingerprint density at radius 2 is 2.17 bits per heavy atom. The van der Waals surface area contributed by atoms with E-state index < -0.39 is 0 Å². The van der Waals surface area contributed by atoms with Crippen molar-refractivity contribution in [1.82, 2.24) is 14.9 Å². The maximum atomic E-state index is 12.7. The van der Waals surface area contributed by atoms with E-state index >= 15 is 0 Å². The fourth-order valence-corrected chi connectivity index (χ4v) is 4.29. The smallest absolute Gasteiger partial charge is 0.156 e. The number of rotatable bonds is 6. The van der Waals surface area contributed by atoms with E-state index in [2.05, 4.69) is 28.7 Å². The van der Waals surface area contributed by atoms with Gasteiger partial charge in [0.2, 0.25) is 0 Å².